The summed E-state index contributed by atoms with van der Waals surface area (Å²) in [4.78, 5) is 35.1. The van der Waals surface area contributed by atoms with Crippen LogP contribution in [0.3, 0.4) is 0 Å². The predicted molar refractivity (Wildman–Crippen MR) is 140 cm³/mol. The zero-order valence-electron chi connectivity index (χ0n) is 20.4. The number of nitrogens with zero attached hydrogens (tertiary/aromatic N) is 4. The second-order valence-corrected chi connectivity index (χ2v) is 9.27. The Balaban J connectivity index is 1.49. The Bertz CT molecular complexity index is 1370. The fraction of sp³-hybridized carbons (Fsp3) is 0.276. The maximum absolute atomic E-state index is 13.5. The summed E-state index contributed by atoms with van der Waals surface area (Å²) < 4.78 is 2.01. The summed E-state index contributed by atoms with van der Waals surface area (Å²) in [5.74, 6) is 0.794. The highest BCUT2D eigenvalue weighted by Gasteiger charge is 2.35. The number of aromatic nitrogens is 2. The third kappa shape index (κ3) is 4.44. The van der Waals surface area contributed by atoms with Crippen molar-refractivity contribution in [2.24, 2.45) is 0 Å². The molecular formula is C29H30N4O2. The number of rotatable bonds is 6. The Kier molecular flexibility index (Phi) is 6.12. The SMILES string of the molecule is CCN(C(=O)Cn1c(C2CC(=O)N(c3cc(C)cc(C)c3)C2)nc2ccccc21)c1ccccc1. The molecule has 0 bridgehead atoms. The number of aryl methyl sites for hydroxylation is 2. The van der Waals surface area contributed by atoms with E-state index in [9.17, 15) is 9.59 Å². The van der Waals surface area contributed by atoms with Gasteiger partial charge in [0.15, 0.2) is 0 Å². The number of likely N-dealkylation sites (N-methyl/N-ethyl adjacent to an activating group) is 1. The van der Waals surface area contributed by atoms with Crippen LogP contribution in [0, 0.1) is 13.8 Å². The van der Waals surface area contributed by atoms with Gasteiger partial charge in [0.1, 0.15) is 12.4 Å². The minimum atomic E-state index is -0.0877. The van der Waals surface area contributed by atoms with E-state index in [2.05, 4.69) is 18.2 Å². The monoisotopic (exact) mass is 466 g/mol. The normalized spacial score (nSPS) is 15.7. The zero-order valence-corrected chi connectivity index (χ0v) is 20.4. The summed E-state index contributed by atoms with van der Waals surface area (Å²) >= 11 is 0. The molecule has 6 heteroatoms. The minimum absolute atomic E-state index is 0.00130. The molecule has 2 amide bonds. The number of para-hydroxylation sites is 3. The van der Waals surface area contributed by atoms with E-state index in [-0.39, 0.29) is 24.3 Å². The van der Waals surface area contributed by atoms with Gasteiger partial charge < -0.3 is 14.4 Å². The van der Waals surface area contributed by atoms with Crippen LogP contribution < -0.4 is 9.80 Å². The molecule has 1 aromatic heterocycles. The second-order valence-electron chi connectivity index (χ2n) is 9.27. The van der Waals surface area contributed by atoms with Crippen molar-refractivity contribution in [1.29, 1.82) is 0 Å². The summed E-state index contributed by atoms with van der Waals surface area (Å²) in [6, 6.07) is 23.8. The summed E-state index contributed by atoms with van der Waals surface area (Å²) in [5.41, 5.74) is 5.83. The summed E-state index contributed by atoms with van der Waals surface area (Å²) in [6.45, 7) is 7.38. The number of hydrogen-bond acceptors (Lipinski definition) is 3. The van der Waals surface area contributed by atoms with E-state index in [0.717, 1.165) is 39.4 Å². The molecule has 0 aliphatic carbocycles. The Morgan fingerprint density at radius 3 is 2.40 bits per heavy atom. The fourth-order valence-corrected chi connectivity index (χ4v) is 5.14. The number of imidazole rings is 1. The zero-order chi connectivity index (χ0) is 24.5. The lowest BCUT2D eigenvalue weighted by atomic mass is 10.1. The number of amides is 2. The Morgan fingerprint density at radius 1 is 1.00 bits per heavy atom. The second kappa shape index (κ2) is 9.37. The highest BCUT2D eigenvalue weighted by molar-refractivity contribution is 5.97. The van der Waals surface area contributed by atoms with Crippen LogP contribution in [-0.4, -0.2) is 34.5 Å². The van der Waals surface area contributed by atoms with Crippen LogP contribution in [0.4, 0.5) is 11.4 Å². The highest BCUT2D eigenvalue weighted by Crippen LogP contribution is 2.34. The standard InChI is InChI=1S/C29H30N4O2/c1-4-31(23-10-6-5-7-11-23)28(35)19-33-26-13-9-8-12-25(26)30-29(33)22-17-27(34)32(18-22)24-15-20(2)14-21(3)16-24/h5-16,22H,4,17-19H2,1-3H3. The number of benzene rings is 3. The van der Waals surface area contributed by atoms with Crippen LogP contribution in [0.1, 0.15) is 36.2 Å². The molecule has 5 rings (SSSR count). The molecule has 2 heterocycles. The van der Waals surface area contributed by atoms with Gasteiger partial charge in [-0.25, -0.2) is 4.98 Å². The summed E-state index contributed by atoms with van der Waals surface area (Å²) in [6.07, 6.45) is 0.376. The molecule has 6 nitrogen and oxygen atoms in total. The van der Waals surface area contributed by atoms with Crippen LogP contribution >= 0.6 is 0 Å². The van der Waals surface area contributed by atoms with Gasteiger partial charge in [-0.15, -0.1) is 0 Å². The molecule has 1 aliphatic heterocycles. The number of carbonyl (C=O) groups excluding carboxylic acids is 2. The Hall–Kier alpha value is -3.93. The summed E-state index contributed by atoms with van der Waals surface area (Å²) in [7, 11) is 0. The van der Waals surface area contributed by atoms with Gasteiger partial charge in [0.25, 0.3) is 0 Å². The van der Waals surface area contributed by atoms with Gasteiger partial charge in [-0.1, -0.05) is 36.4 Å². The molecule has 0 saturated carbocycles. The molecule has 1 fully saturated rings. The Morgan fingerprint density at radius 2 is 1.69 bits per heavy atom. The minimum Gasteiger partial charge on any atom is -0.318 e. The first kappa shape index (κ1) is 22.8. The lowest BCUT2D eigenvalue weighted by molar-refractivity contribution is -0.119. The molecule has 35 heavy (non-hydrogen) atoms. The number of fused-ring (bicyclic) bond motifs is 1. The Labute approximate surface area is 205 Å². The van der Waals surface area contributed by atoms with Crippen molar-refractivity contribution >= 4 is 34.2 Å². The van der Waals surface area contributed by atoms with Crippen LogP contribution in [-0.2, 0) is 16.1 Å². The number of anilines is 2. The molecule has 178 valence electrons. The predicted octanol–water partition coefficient (Wildman–Crippen LogP) is 5.23. The van der Waals surface area contributed by atoms with E-state index < -0.39 is 0 Å². The van der Waals surface area contributed by atoms with Gasteiger partial charge in [0, 0.05) is 36.8 Å². The first-order valence-electron chi connectivity index (χ1n) is 12.1. The van der Waals surface area contributed by atoms with Gasteiger partial charge in [-0.05, 0) is 68.3 Å². The van der Waals surface area contributed by atoms with Crippen LogP contribution in [0.2, 0.25) is 0 Å². The van der Waals surface area contributed by atoms with Crippen molar-refractivity contribution < 1.29 is 9.59 Å². The molecule has 4 aromatic rings. The van der Waals surface area contributed by atoms with E-state index in [1.54, 1.807) is 4.90 Å². The average molecular weight is 467 g/mol. The molecule has 3 aromatic carbocycles. The maximum atomic E-state index is 13.5. The number of carbonyl (C=O) groups is 2. The molecule has 0 radical (unpaired) electrons. The van der Waals surface area contributed by atoms with Crippen molar-refractivity contribution in [3.8, 4) is 0 Å². The van der Waals surface area contributed by atoms with Crippen LogP contribution in [0.25, 0.3) is 11.0 Å². The topological polar surface area (TPSA) is 58.4 Å². The van der Waals surface area contributed by atoms with E-state index in [1.165, 1.54) is 0 Å². The molecule has 0 spiro atoms. The maximum Gasteiger partial charge on any atom is 0.246 e. The van der Waals surface area contributed by atoms with Crippen LogP contribution in [0.15, 0.2) is 72.8 Å². The van der Waals surface area contributed by atoms with Gasteiger partial charge in [-0.3, -0.25) is 9.59 Å². The van der Waals surface area contributed by atoms with Crippen molar-refractivity contribution in [2.75, 3.05) is 22.9 Å². The third-order valence-corrected chi connectivity index (χ3v) is 6.67. The molecule has 1 atom stereocenters. The molecule has 1 saturated heterocycles. The molecule has 1 unspecified atom stereocenters. The van der Waals surface area contributed by atoms with E-state index in [1.807, 2.05) is 84.8 Å². The van der Waals surface area contributed by atoms with Gasteiger partial charge in [-0.2, -0.15) is 0 Å². The van der Waals surface area contributed by atoms with Crippen molar-refractivity contribution in [1.82, 2.24) is 9.55 Å². The van der Waals surface area contributed by atoms with Gasteiger partial charge in [0.2, 0.25) is 11.8 Å². The smallest absolute Gasteiger partial charge is 0.246 e. The van der Waals surface area contributed by atoms with Gasteiger partial charge >= 0.3 is 0 Å². The first-order valence-corrected chi connectivity index (χ1v) is 12.1. The third-order valence-electron chi connectivity index (χ3n) is 6.67. The quantitative estimate of drug-likeness (QED) is 0.391. The lowest BCUT2D eigenvalue weighted by Gasteiger charge is -2.23. The fourth-order valence-electron chi connectivity index (χ4n) is 5.14. The first-order chi connectivity index (χ1) is 16.9. The van der Waals surface area contributed by atoms with Crippen molar-refractivity contribution in [2.45, 2.75) is 39.7 Å². The van der Waals surface area contributed by atoms with E-state index in [4.69, 9.17) is 4.98 Å². The summed E-state index contributed by atoms with van der Waals surface area (Å²) in [5, 5.41) is 0. The average Bonchev–Trinajstić information content (AvgIpc) is 3.40. The molecule has 0 N–H and O–H groups in total. The largest absolute Gasteiger partial charge is 0.318 e. The van der Waals surface area contributed by atoms with Crippen LogP contribution in [0.5, 0.6) is 0 Å². The molecule has 1 aliphatic rings. The lowest BCUT2D eigenvalue weighted by Crippen LogP contribution is -2.34. The number of hydrogen-bond donors (Lipinski definition) is 0. The van der Waals surface area contributed by atoms with Gasteiger partial charge in [0.05, 0.1) is 11.0 Å². The van der Waals surface area contributed by atoms with Crippen molar-refractivity contribution in [3.63, 3.8) is 0 Å². The highest BCUT2D eigenvalue weighted by atomic mass is 16.2. The van der Waals surface area contributed by atoms with E-state index in [0.29, 0.717) is 19.5 Å². The molecular weight excluding hydrogens is 436 g/mol. The van der Waals surface area contributed by atoms with Crippen molar-refractivity contribution in [3.05, 3.63) is 89.7 Å². The van der Waals surface area contributed by atoms with E-state index >= 15 is 0 Å².